The molecule has 0 aromatic carbocycles. The molecular weight excluding hydrogens is 322 g/mol. The molecule has 6 heteroatoms. The fraction of sp³-hybridized carbons (Fsp3) is 0.722. The van der Waals surface area contributed by atoms with E-state index in [0.717, 1.165) is 25.2 Å². The molecule has 0 radical (unpaired) electrons. The summed E-state index contributed by atoms with van der Waals surface area (Å²) in [4.78, 5) is 30.7. The molecule has 0 bridgehead atoms. The summed E-state index contributed by atoms with van der Waals surface area (Å²) in [6.45, 7) is 1.42. The van der Waals surface area contributed by atoms with Crippen LogP contribution >= 0.6 is 11.3 Å². The zero-order valence-corrected chi connectivity index (χ0v) is 15.0. The molecule has 0 atom stereocenters. The Balaban J connectivity index is 1.37. The Labute approximate surface area is 147 Å². The van der Waals surface area contributed by atoms with Gasteiger partial charge in [-0.25, -0.2) is 4.98 Å². The number of nitrogens with zero attached hydrogens (tertiary/aromatic N) is 2. The monoisotopic (exact) mass is 349 g/mol. The van der Waals surface area contributed by atoms with Gasteiger partial charge in [0.1, 0.15) is 0 Å². The van der Waals surface area contributed by atoms with Gasteiger partial charge in [-0.15, -0.1) is 11.3 Å². The molecule has 1 aliphatic carbocycles. The van der Waals surface area contributed by atoms with Crippen LogP contribution in [0.4, 0.5) is 5.13 Å². The van der Waals surface area contributed by atoms with Crippen LogP contribution in [0.25, 0.3) is 0 Å². The van der Waals surface area contributed by atoms with Crippen LogP contribution in [0.3, 0.4) is 0 Å². The first-order valence-electron chi connectivity index (χ1n) is 9.20. The van der Waals surface area contributed by atoms with E-state index in [2.05, 4.69) is 10.3 Å². The lowest BCUT2D eigenvalue weighted by molar-refractivity contribution is -0.134. The van der Waals surface area contributed by atoms with Crippen molar-refractivity contribution in [2.24, 2.45) is 11.8 Å². The standard InChI is InChI=1S/C18H27N3O2S/c22-16(7-6-14-4-2-1-3-5-14)21-11-8-15(9-12-21)17(23)20-18-19-10-13-24-18/h10,13-15H,1-9,11-12H2,(H,19,20,23). The highest BCUT2D eigenvalue weighted by atomic mass is 32.1. The number of carbonyl (C=O) groups is 2. The average Bonchev–Trinajstić information content (AvgIpc) is 3.13. The van der Waals surface area contributed by atoms with Crippen LogP contribution in [0.2, 0.25) is 0 Å². The Morgan fingerprint density at radius 1 is 1.17 bits per heavy atom. The lowest BCUT2D eigenvalue weighted by atomic mass is 9.86. The van der Waals surface area contributed by atoms with E-state index in [1.165, 1.54) is 43.4 Å². The number of likely N-dealkylation sites (tertiary alicyclic amines) is 1. The van der Waals surface area contributed by atoms with E-state index in [0.29, 0.717) is 24.6 Å². The van der Waals surface area contributed by atoms with Crippen molar-refractivity contribution in [3.8, 4) is 0 Å². The molecule has 2 heterocycles. The Morgan fingerprint density at radius 3 is 2.58 bits per heavy atom. The molecule has 132 valence electrons. The fourth-order valence-electron chi connectivity index (χ4n) is 3.85. The lowest BCUT2D eigenvalue weighted by Gasteiger charge is -2.32. The van der Waals surface area contributed by atoms with E-state index in [-0.39, 0.29) is 17.7 Å². The zero-order chi connectivity index (χ0) is 16.8. The number of nitrogens with one attached hydrogen (secondary N) is 1. The minimum atomic E-state index is -0.00343. The number of thiazole rings is 1. The fourth-order valence-corrected chi connectivity index (χ4v) is 4.38. The van der Waals surface area contributed by atoms with Crippen molar-refractivity contribution in [2.75, 3.05) is 18.4 Å². The number of carbonyl (C=O) groups excluding carboxylic acids is 2. The molecule has 1 aliphatic heterocycles. The third kappa shape index (κ3) is 4.79. The molecule has 24 heavy (non-hydrogen) atoms. The first kappa shape index (κ1) is 17.4. The van der Waals surface area contributed by atoms with E-state index in [9.17, 15) is 9.59 Å². The summed E-state index contributed by atoms with van der Waals surface area (Å²) in [5.74, 6) is 1.07. The van der Waals surface area contributed by atoms with E-state index in [4.69, 9.17) is 0 Å². The van der Waals surface area contributed by atoms with Crippen molar-refractivity contribution in [1.29, 1.82) is 0 Å². The summed E-state index contributed by atoms with van der Waals surface area (Å²) in [6.07, 6.45) is 11.5. The number of amides is 2. The van der Waals surface area contributed by atoms with Crippen LogP contribution in [-0.2, 0) is 9.59 Å². The Bertz CT molecular complexity index is 532. The number of anilines is 1. The van der Waals surface area contributed by atoms with Crippen LogP contribution in [-0.4, -0.2) is 34.8 Å². The molecule has 1 aromatic rings. The average molecular weight is 350 g/mol. The number of rotatable bonds is 5. The molecule has 5 nitrogen and oxygen atoms in total. The van der Waals surface area contributed by atoms with Gasteiger partial charge in [0, 0.05) is 37.0 Å². The molecule has 2 amide bonds. The molecule has 0 unspecified atom stereocenters. The summed E-state index contributed by atoms with van der Waals surface area (Å²) in [6, 6.07) is 0. The highest BCUT2D eigenvalue weighted by molar-refractivity contribution is 7.13. The van der Waals surface area contributed by atoms with Crippen LogP contribution < -0.4 is 5.32 Å². The van der Waals surface area contributed by atoms with Crippen molar-refractivity contribution in [1.82, 2.24) is 9.88 Å². The van der Waals surface area contributed by atoms with E-state index in [1.807, 2.05) is 10.3 Å². The van der Waals surface area contributed by atoms with Gasteiger partial charge in [-0.1, -0.05) is 32.1 Å². The summed E-state index contributed by atoms with van der Waals surface area (Å²) in [5.41, 5.74) is 0. The quantitative estimate of drug-likeness (QED) is 0.882. The second kappa shape index (κ2) is 8.60. The second-order valence-electron chi connectivity index (χ2n) is 7.02. The van der Waals surface area contributed by atoms with Gasteiger partial charge in [0.05, 0.1) is 0 Å². The maximum Gasteiger partial charge on any atom is 0.229 e. The van der Waals surface area contributed by atoms with Gasteiger partial charge in [-0.2, -0.15) is 0 Å². The zero-order valence-electron chi connectivity index (χ0n) is 14.2. The topological polar surface area (TPSA) is 62.3 Å². The van der Waals surface area contributed by atoms with Crippen LogP contribution in [0.5, 0.6) is 0 Å². The van der Waals surface area contributed by atoms with Gasteiger partial charge in [0.25, 0.3) is 0 Å². The molecule has 1 N–H and O–H groups in total. The Kier molecular flexibility index (Phi) is 6.24. The second-order valence-corrected chi connectivity index (χ2v) is 7.92. The van der Waals surface area contributed by atoms with Gasteiger partial charge < -0.3 is 10.2 Å². The van der Waals surface area contributed by atoms with Crippen molar-refractivity contribution in [3.63, 3.8) is 0 Å². The summed E-state index contributed by atoms with van der Waals surface area (Å²) in [7, 11) is 0. The first-order valence-corrected chi connectivity index (χ1v) is 10.1. The molecular formula is C18H27N3O2S. The van der Waals surface area contributed by atoms with E-state index in [1.54, 1.807) is 6.20 Å². The number of piperidine rings is 1. The smallest absolute Gasteiger partial charge is 0.229 e. The minimum absolute atomic E-state index is 0.00343. The molecule has 1 saturated heterocycles. The predicted octanol–water partition coefficient (Wildman–Crippen LogP) is 3.68. The molecule has 3 rings (SSSR count). The SMILES string of the molecule is O=C(Nc1nccs1)C1CCN(C(=O)CCC2CCCCC2)CC1. The maximum absolute atomic E-state index is 12.4. The lowest BCUT2D eigenvalue weighted by Crippen LogP contribution is -2.41. The van der Waals surface area contributed by atoms with Gasteiger partial charge in [-0.05, 0) is 25.2 Å². The number of hydrogen-bond donors (Lipinski definition) is 1. The van der Waals surface area contributed by atoms with Gasteiger partial charge in [-0.3, -0.25) is 9.59 Å². The van der Waals surface area contributed by atoms with Gasteiger partial charge in [0.2, 0.25) is 11.8 Å². The van der Waals surface area contributed by atoms with Crippen molar-refractivity contribution < 1.29 is 9.59 Å². The third-order valence-corrected chi connectivity index (χ3v) is 6.06. The van der Waals surface area contributed by atoms with E-state index < -0.39 is 0 Å². The molecule has 2 fully saturated rings. The normalized spacial score (nSPS) is 20.1. The highest BCUT2D eigenvalue weighted by Crippen LogP contribution is 2.28. The summed E-state index contributed by atoms with van der Waals surface area (Å²) < 4.78 is 0. The largest absolute Gasteiger partial charge is 0.343 e. The van der Waals surface area contributed by atoms with Crippen LogP contribution in [0.15, 0.2) is 11.6 Å². The Morgan fingerprint density at radius 2 is 1.92 bits per heavy atom. The summed E-state index contributed by atoms with van der Waals surface area (Å²) >= 11 is 1.43. The van der Waals surface area contributed by atoms with Crippen molar-refractivity contribution >= 4 is 28.3 Å². The maximum atomic E-state index is 12.4. The first-order chi connectivity index (χ1) is 11.7. The van der Waals surface area contributed by atoms with Crippen LogP contribution in [0.1, 0.15) is 57.8 Å². The summed E-state index contributed by atoms with van der Waals surface area (Å²) in [5, 5.41) is 5.38. The van der Waals surface area contributed by atoms with Crippen molar-refractivity contribution in [2.45, 2.75) is 57.8 Å². The number of hydrogen-bond acceptors (Lipinski definition) is 4. The van der Waals surface area contributed by atoms with Crippen molar-refractivity contribution in [3.05, 3.63) is 11.6 Å². The molecule has 1 aromatic heterocycles. The molecule has 0 spiro atoms. The Hall–Kier alpha value is -1.43. The highest BCUT2D eigenvalue weighted by Gasteiger charge is 2.28. The van der Waals surface area contributed by atoms with Gasteiger partial charge >= 0.3 is 0 Å². The number of aromatic nitrogens is 1. The van der Waals surface area contributed by atoms with E-state index >= 15 is 0 Å². The minimum Gasteiger partial charge on any atom is -0.343 e. The van der Waals surface area contributed by atoms with Crippen LogP contribution in [0, 0.1) is 11.8 Å². The van der Waals surface area contributed by atoms with Gasteiger partial charge in [0.15, 0.2) is 5.13 Å². The molecule has 2 aliphatic rings. The predicted molar refractivity (Wildman–Crippen MR) is 95.9 cm³/mol. The third-order valence-electron chi connectivity index (χ3n) is 5.37. The molecule has 1 saturated carbocycles.